The molecule has 1 fully saturated rings. The summed E-state index contributed by atoms with van der Waals surface area (Å²) in [4.78, 5) is 0. The number of aliphatic hydroxyl groups is 1. The van der Waals surface area contributed by atoms with Gasteiger partial charge in [0.25, 0.3) is 0 Å². The van der Waals surface area contributed by atoms with Gasteiger partial charge >= 0.3 is 0 Å². The van der Waals surface area contributed by atoms with Crippen molar-refractivity contribution in [3.05, 3.63) is 0 Å². The average molecular weight is 157 g/mol. The predicted octanol–water partition coefficient (Wildman–Crippen LogP) is 1.15. The van der Waals surface area contributed by atoms with Crippen LogP contribution in [-0.4, -0.2) is 23.8 Å². The van der Waals surface area contributed by atoms with Crippen LogP contribution in [0.5, 0.6) is 0 Å². The lowest BCUT2D eigenvalue weighted by Gasteiger charge is -2.23. The van der Waals surface area contributed by atoms with E-state index in [2.05, 4.69) is 26.1 Å². The Morgan fingerprint density at radius 1 is 1.36 bits per heavy atom. The van der Waals surface area contributed by atoms with Crippen LogP contribution in [0.4, 0.5) is 0 Å². The number of rotatable bonds is 3. The number of hydrogen-bond donors (Lipinski definition) is 2. The van der Waals surface area contributed by atoms with E-state index < -0.39 is 0 Å². The molecule has 2 nitrogen and oxygen atoms in total. The van der Waals surface area contributed by atoms with Gasteiger partial charge in [-0.3, -0.25) is 0 Å². The zero-order valence-electron chi connectivity index (χ0n) is 7.78. The molecule has 0 spiro atoms. The quantitative estimate of drug-likeness (QED) is 0.644. The minimum atomic E-state index is 0.185. The molecular formula is C9H19NO. The van der Waals surface area contributed by atoms with Gasteiger partial charge in [-0.25, -0.2) is 0 Å². The van der Waals surface area contributed by atoms with E-state index in [1.807, 2.05) is 0 Å². The van der Waals surface area contributed by atoms with Crippen molar-refractivity contribution in [3.63, 3.8) is 0 Å². The van der Waals surface area contributed by atoms with Gasteiger partial charge in [-0.1, -0.05) is 0 Å². The first-order valence-electron chi connectivity index (χ1n) is 4.33. The summed E-state index contributed by atoms with van der Waals surface area (Å²) < 4.78 is 0. The van der Waals surface area contributed by atoms with E-state index in [4.69, 9.17) is 5.11 Å². The third kappa shape index (κ3) is 2.80. The Morgan fingerprint density at radius 3 is 2.18 bits per heavy atom. The lowest BCUT2D eigenvalue weighted by molar-refractivity contribution is 0.198. The maximum atomic E-state index is 9.01. The number of nitrogens with one attached hydrogen (secondary N) is 1. The van der Waals surface area contributed by atoms with Crippen LogP contribution in [0.25, 0.3) is 0 Å². The summed E-state index contributed by atoms with van der Waals surface area (Å²) >= 11 is 0. The van der Waals surface area contributed by atoms with Gasteiger partial charge in [-0.15, -0.1) is 0 Å². The van der Waals surface area contributed by atoms with Gasteiger partial charge < -0.3 is 10.4 Å². The Bertz CT molecular complexity index is 133. The van der Waals surface area contributed by atoms with Crippen LogP contribution in [0.1, 0.15) is 33.6 Å². The molecule has 1 saturated carbocycles. The van der Waals surface area contributed by atoms with Gasteiger partial charge in [0.15, 0.2) is 0 Å². The first-order chi connectivity index (χ1) is 4.97. The van der Waals surface area contributed by atoms with Gasteiger partial charge in [0.1, 0.15) is 0 Å². The Hall–Kier alpha value is -0.0800. The first-order valence-corrected chi connectivity index (χ1v) is 4.33. The summed E-state index contributed by atoms with van der Waals surface area (Å²) in [7, 11) is 0. The second-order valence-corrected chi connectivity index (χ2v) is 4.76. The van der Waals surface area contributed by atoms with E-state index in [1.165, 1.54) is 12.8 Å². The van der Waals surface area contributed by atoms with Crippen molar-refractivity contribution in [2.45, 2.75) is 39.2 Å². The van der Waals surface area contributed by atoms with Gasteiger partial charge in [0.2, 0.25) is 0 Å². The highest BCUT2D eigenvalue weighted by molar-refractivity contribution is 4.95. The third-order valence-electron chi connectivity index (χ3n) is 2.29. The van der Waals surface area contributed by atoms with Crippen molar-refractivity contribution in [2.75, 3.05) is 13.2 Å². The van der Waals surface area contributed by atoms with Crippen LogP contribution in [0, 0.1) is 5.41 Å². The topological polar surface area (TPSA) is 32.3 Å². The molecule has 0 saturated heterocycles. The largest absolute Gasteiger partial charge is 0.396 e. The molecule has 1 rings (SSSR count). The molecule has 11 heavy (non-hydrogen) atoms. The monoisotopic (exact) mass is 157 g/mol. The lowest BCUT2D eigenvalue weighted by atomic mass is 10.0. The van der Waals surface area contributed by atoms with Crippen LogP contribution in [0.15, 0.2) is 0 Å². The summed E-state index contributed by atoms with van der Waals surface area (Å²) in [5, 5.41) is 12.4. The fourth-order valence-corrected chi connectivity index (χ4v) is 1.02. The molecule has 0 amide bonds. The molecule has 0 bridgehead atoms. The minimum absolute atomic E-state index is 0.185. The van der Waals surface area contributed by atoms with Gasteiger partial charge in [0, 0.05) is 24.1 Å². The Kier molecular flexibility index (Phi) is 2.26. The maximum absolute atomic E-state index is 9.01. The Balaban J connectivity index is 2.22. The van der Waals surface area contributed by atoms with Crippen molar-refractivity contribution in [3.8, 4) is 0 Å². The molecule has 0 aromatic rings. The highest BCUT2D eigenvalue weighted by atomic mass is 16.3. The van der Waals surface area contributed by atoms with Crippen LogP contribution in [-0.2, 0) is 0 Å². The molecule has 0 heterocycles. The first kappa shape index (κ1) is 9.01. The maximum Gasteiger partial charge on any atom is 0.0499 e. The summed E-state index contributed by atoms with van der Waals surface area (Å²) in [6.07, 6.45) is 2.37. The van der Waals surface area contributed by atoms with E-state index in [-0.39, 0.29) is 11.0 Å². The van der Waals surface area contributed by atoms with Crippen LogP contribution < -0.4 is 5.32 Å². The van der Waals surface area contributed by atoms with Gasteiger partial charge in [0.05, 0.1) is 0 Å². The molecule has 1 aliphatic rings. The number of aliphatic hydroxyl groups excluding tert-OH is 1. The molecule has 0 aromatic heterocycles. The van der Waals surface area contributed by atoms with Crippen molar-refractivity contribution in [1.29, 1.82) is 0 Å². The summed E-state index contributed by atoms with van der Waals surface area (Å²) in [6.45, 7) is 7.77. The van der Waals surface area contributed by atoms with E-state index >= 15 is 0 Å². The average Bonchev–Trinajstić information content (AvgIpc) is 2.63. The van der Waals surface area contributed by atoms with Crippen molar-refractivity contribution in [1.82, 2.24) is 5.32 Å². The molecule has 1 aliphatic carbocycles. The van der Waals surface area contributed by atoms with Crippen LogP contribution >= 0.6 is 0 Å². The Labute approximate surface area is 69.0 Å². The molecule has 0 aromatic carbocycles. The fraction of sp³-hybridized carbons (Fsp3) is 1.00. The van der Waals surface area contributed by atoms with E-state index in [0.29, 0.717) is 6.61 Å². The second kappa shape index (κ2) is 2.76. The zero-order valence-corrected chi connectivity index (χ0v) is 7.78. The molecule has 0 radical (unpaired) electrons. The SMILES string of the molecule is CC(C)(C)NCC1(CO)CC1. The zero-order chi connectivity index (χ0) is 8.54. The minimum Gasteiger partial charge on any atom is -0.396 e. The smallest absolute Gasteiger partial charge is 0.0499 e. The predicted molar refractivity (Wildman–Crippen MR) is 46.5 cm³/mol. The molecule has 0 aliphatic heterocycles. The van der Waals surface area contributed by atoms with Crippen LogP contribution in [0.3, 0.4) is 0 Å². The van der Waals surface area contributed by atoms with Crippen molar-refractivity contribution >= 4 is 0 Å². The molecule has 2 N–H and O–H groups in total. The molecule has 66 valence electrons. The van der Waals surface area contributed by atoms with E-state index in [0.717, 1.165) is 6.54 Å². The second-order valence-electron chi connectivity index (χ2n) is 4.76. The summed E-state index contributed by atoms with van der Waals surface area (Å²) in [6, 6.07) is 0. The van der Waals surface area contributed by atoms with Gasteiger partial charge in [-0.2, -0.15) is 0 Å². The molecular weight excluding hydrogens is 138 g/mol. The highest BCUT2D eigenvalue weighted by Crippen LogP contribution is 2.44. The lowest BCUT2D eigenvalue weighted by Crippen LogP contribution is -2.40. The van der Waals surface area contributed by atoms with Crippen LogP contribution in [0.2, 0.25) is 0 Å². The Morgan fingerprint density at radius 2 is 1.91 bits per heavy atom. The van der Waals surface area contributed by atoms with Crippen molar-refractivity contribution in [2.24, 2.45) is 5.41 Å². The number of hydrogen-bond acceptors (Lipinski definition) is 2. The summed E-state index contributed by atoms with van der Waals surface area (Å²) in [5.41, 5.74) is 0.429. The highest BCUT2D eigenvalue weighted by Gasteiger charge is 2.42. The van der Waals surface area contributed by atoms with E-state index in [1.54, 1.807) is 0 Å². The molecule has 0 unspecified atom stereocenters. The molecule has 0 atom stereocenters. The summed E-state index contributed by atoms with van der Waals surface area (Å²) in [5.74, 6) is 0. The molecule has 2 heteroatoms. The third-order valence-corrected chi connectivity index (χ3v) is 2.29. The normalized spacial score (nSPS) is 21.8. The fourth-order valence-electron chi connectivity index (χ4n) is 1.02. The standard InChI is InChI=1S/C9H19NO/c1-8(2,3)10-6-9(7-11)4-5-9/h10-11H,4-7H2,1-3H3. The van der Waals surface area contributed by atoms with Crippen molar-refractivity contribution < 1.29 is 5.11 Å². The van der Waals surface area contributed by atoms with E-state index in [9.17, 15) is 0 Å². The van der Waals surface area contributed by atoms with Gasteiger partial charge in [-0.05, 0) is 33.6 Å².